The van der Waals surface area contributed by atoms with Crippen LogP contribution >= 0.6 is 0 Å². The van der Waals surface area contributed by atoms with Gasteiger partial charge in [0.15, 0.2) is 0 Å². The molecule has 0 N–H and O–H groups in total. The Kier molecular flexibility index (Phi) is 2.58. The predicted molar refractivity (Wildman–Crippen MR) is 52.5 cm³/mol. The maximum absolute atomic E-state index is 5.54. The van der Waals surface area contributed by atoms with E-state index in [0.717, 1.165) is 5.92 Å². The van der Waals surface area contributed by atoms with E-state index in [1.807, 2.05) is 7.11 Å². The molecule has 0 saturated carbocycles. The highest BCUT2D eigenvalue weighted by Gasteiger charge is 2.38. The second kappa shape index (κ2) is 3.56. The Labute approximate surface area is 80.6 Å². The molecule has 0 spiro atoms. The Hall–Kier alpha value is -0.120. The van der Waals surface area contributed by atoms with Crippen LogP contribution in [0.3, 0.4) is 0 Å². The molecule has 3 nitrogen and oxygen atoms in total. The standard InChI is InChI=1S/C10H20N2O/c1-11-5-8-4-9(7-11)10(13-3)12(2)6-8/h8-10H,4-7H2,1-3H3. The van der Waals surface area contributed by atoms with Gasteiger partial charge in [0, 0.05) is 32.7 Å². The average Bonchev–Trinajstić information content (AvgIpc) is 2.02. The molecule has 3 unspecified atom stereocenters. The minimum Gasteiger partial charge on any atom is -0.366 e. The normalized spacial score (nSPS) is 42.2. The van der Waals surface area contributed by atoms with Crippen molar-refractivity contribution < 1.29 is 4.74 Å². The maximum Gasteiger partial charge on any atom is 0.114 e. The molecule has 0 amide bonds. The van der Waals surface area contributed by atoms with Crippen LogP contribution in [0.4, 0.5) is 0 Å². The van der Waals surface area contributed by atoms with Gasteiger partial charge in [-0.2, -0.15) is 0 Å². The first kappa shape index (κ1) is 9.44. The monoisotopic (exact) mass is 184 g/mol. The van der Waals surface area contributed by atoms with Crippen molar-refractivity contribution in [2.24, 2.45) is 11.8 Å². The minimum atomic E-state index is 0.346. The number of likely N-dealkylation sites (tertiary alicyclic amines) is 2. The van der Waals surface area contributed by atoms with Crippen molar-refractivity contribution in [3.63, 3.8) is 0 Å². The van der Waals surface area contributed by atoms with Gasteiger partial charge in [-0.25, -0.2) is 0 Å². The maximum atomic E-state index is 5.54. The molecule has 0 aliphatic carbocycles. The summed E-state index contributed by atoms with van der Waals surface area (Å²) in [5.41, 5.74) is 0. The van der Waals surface area contributed by atoms with Crippen molar-refractivity contribution in [1.82, 2.24) is 9.80 Å². The lowest BCUT2D eigenvalue weighted by molar-refractivity contribution is -0.120. The van der Waals surface area contributed by atoms with Crippen molar-refractivity contribution in [2.45, 2.75) is 12.6 Å². The minimum absolute atomic E-state index is 0.346. The van der Waals surface area contributed by atoms with Crippen LogP contribution in [0.5, 0.6) is 0 Å². The number of nitrogens with zero attached hydrogens (tertiary/aromatic N) is 2. The van der Waals surface area contributed by atoms with Gasteiger partial charge in [-0.05, 0) is 26.4 Å². The fourth-order valence-electron chi connectivity index (χ4n) is 3.08. The highest BCUT2D eigenvalue weighted by molar-refractivity contribution is 4.88. The van der Waals surface area contributed by atoms with Gasteiger partial charge >= 0.3 is 0 Å². The number of hydrogen-bond acceptors (Lipinski definition) is 3. The zero-order valence-corrected chi connectivity index (χ0v) is 8.86. The van der Waals surface area contributed by atoms with Crippen LogP contribution < -0.4 is 0 Å². The molecule has 0 radical (unpaired) electrons. The van der Waals surface area contributed by atoms with Crippen molar-refractivity contribution >= 4 is 0 Å². The summed E-state index contributed by atoms with van der Waals surface area (Å²) in [7, 11) is 6.23. The van der Waals surface area contributed by atoms with Crippen molar-refractivity contribution in [3.05, 3.63) is 0 Å². The summed E-state index contributed by atoms with van der Waals surface area (Å²) in [5.74, 6) is 1.58. The average molecular weight is 184 g/mol. The van der Waals surface area contributed by atoms with E-state index in [1.54, 1.807) is 0 Å². The van der Waals surface area contributed by atoms with Crippen molar-refractivity contribution in [2.75, 3.05) is 40.8 Å². The quantitative estimate of drug-likeness (QED) is 0.589. The van der Waals surface area contributed by atoms with Gasteiger partial charge in [0.05, 0.1) is 0 Å². The molecular weight excluding hydrogens is 164 g/mol. The van der Waals surface area contributed by atoms with Crippen molar-refractivity contribution in [3.8, 4) is 0 Å². The van der Waals surface area contributed by atoms with E-state index in [1.165, 1.54) is 26.1 Å². The van der Waals surface area contributed by atoms with Gasteiger partial charge in [-0.15, -0.1) is 0 Å². The summed E-state index contributed by atoms with van der Waals surface area (Å²) in [6.45, 7) is 3.65. The first-order valence-electron chi connectivity index (χ1n) is 5.12. The smallest absolute Gasteiger partial charge is 0.114 e. The summed E-state index contributed by atoms with van der Waals surface area (Å²) in [4.78, 5) is 4.81. The van der Waals surface area contributed by atoms with Gasteiger partial charge in [0.2, 0.25) is 0 Å². The molecule has 0 aromatic rings. The lowest BCUT2D eigenvalue weighted by Gasteiger charge is -2.48. The molecule has 3 atom stereocenters. The van der Waals surface area contributed by atoms with Crippen LogP contribution in [0.25, 0.3) is 0 Å². The molecule has 2 heterocycles. The summed E-state index contributed by atoms with van der Waals surface area (Å²) in [6, 6.07) is 0. The molecule has 13 heavy (non-hydrogen) atoms. The second-order valence-corrected chi connectivity index (χ2v) is 4.65. The second-order valence-electron chi connectivity index (χ2n) is 4.65. The van der Waals surface area contributed by atoms with Crippen LogP contribution in [0.15, 0.2) is 0 Å². The molecule has 76 valence electrons. The molecule has 2 rings (SSSR count). The Morgan fingerprint density at radius 1 is 1.15 bits per heavy atom. The molecule has 3 heteroatoms. The molecule has 0 aromatic carbocycles. The third-order valence-corrected chi connectivity index (χ3v) is 3.38. The summed E-state index contributed by atoms with van der Waals surface area (Å²) in [5, 5.41) is 0. The predicted octanol–water partition coefficient (Wildman–Crippen LogP) is 0.472. The molecule has 2 fully saturated rings. The van der Waals surface area contributed by atoms with Crippen LogP contribution in [-0.4, -0.2) is 56.9 Å². The third-order valence-electron chi connectivity index (χ3n) is 3.38. The van der Waals surface area contributed by atoms with E-state index in [9.17, 15) is 0 Å². The van der Waals surface area contributed by atoms with Crippen molar-refractivity contribution in [1.29, 1.82) is 0 Å². The SMILES string of the molecule is COC1C2CC(CN(C)C2)CN1C. The highest BCUT2D eigenvalue weighted by Crippen LogP contribution is 2.31. The van der Waals surface area contributed by atoms with E-state index in [0.29, 0.717) is 12.1 Å². The summed E-state index contributed by atoms with van der Waals surface area (Å²) < 4.78 is 5.54. The van der Waals surface area contributed by atoms with Gasteiger partial charge in [-0.3, -0.25) is 4.90 Å². The largest absolute Gasteiger partial charge is 0.366 e. The lowest BCUT2D eigenvalue weighted by atomic mass is 9.84. The zero-order chi connectivity index (χ0) is 9.42. The van der Waals surface area contributed by atoms with Crippen LogP contribution in [0.2, 0.25) is 0 Å². The fourth-order valence-corrected chi connectivity index (χ4v) is 3.08. The Morgan fingerprint density at radius 2 is 1.92 bits per heavy atom. The number of piperidine rings is 2. The van der Waals surface area contributed by atoms with Gasteiger partial charge in [0.25, 0.3) is 0 Å². The van der Waals surface area contributed by atoms with Crippen LogP contribution in [0.1, 0.15) is 6.42 Å². The lowest BCUT2D eigenvalue weighted by Crippen LogP contribution is -2.56. The molecule has 2 bridgehead atoms. The van der Waals surface area contributed by atoms with Gasteiger partial charge in [0.1, 0.15) is 6.23 Å². The zero-order valence-electron chi connectivity index (χ0n) is 8.86. The number of rotatable bonds is 1. The van der Waals surface area contributed by atoms with E-state index < -0.39 is 0 Å². The van der Waals surface area contributed by atoms with E-state index in [2.05, 4.69) is 23.9 Å². The van der Waals surface area contributed by atoms with E-state index in [-0.39, 0.29) is 0 Å². The first-order chi connectivity index (χ1) is 6.20. The number of fused-ring (bicyclic) bond motifs is 2. The molecular formula is C10H20N2O. The third kappa shape index (κ3) is 1.73. The number of methoxy groups -OCH3 is 1. The Morgan fingerprint density at radius 3 is 2.62 bits per heavy atom. The number of ether oxygens (including phenoxy) is 1. The van der Waals surface area contributed by atoms with E-state index in [4.69, 9.17) is 4.74 Å². The van der Waals surface area contributed by atoms with Gasteiger partial charge in [-0.1, -0.05) is 0 Å². The molecule has 2 saturated heterocycles. The summed E-state index contributed by atoms with van der Waals surface area (Å²) in [6.07, 6.45) is 1.70. The highest BCUT2D eigenvalue weighted by atomic mass is 16.5. The van der Waals surface area contributed by atoms with Crippen LogP contribution in [0, 0.1) is 11.8 Å². The molecule has 0 aromatic heterocycles. The fraction of sp³-hybridized carbons (Fsp3) is 1.00. The summed E-state index contributed by atoms with van der Waals surface area (Å²) >= 11 is 0. The molecule has 2 aliphatic heterocycles. The Balaban J connectivity index is 2.07. The topological polar surface area (TPSA) is 15.7 Å². The Bertz CT molecular complexity index is 182. The van der Waals surface area contributed by atoms with E-state index >= 15 is 0 Å². The first-order valence-corrected chi connectivity index (χ1v) is 5.12. The number of hydrogen-bond donors (Lipinski definition) is 0. The van der Waals surface area contributed by atoms with Gasteiger partial charge < -0.3 is 9.64 Å². The molecule has 2 aliphatic rings. The van der Waals surface area contributed by atoms with Crippen LogP contribution in [-0.2, 0) is 4.74 Å².